The molecule has 0 saturated carbocycles. The number of carbonyl (C=O) groups is 3. The summed E-state index contributed by atoms with van der Waals surface area (Å²) in [6.07, 6.45) is 62.5. The summed E-state index contributed by atoms with van der Waals surface area (Å²) >= 11 is 0. The number of hydrogen-bond donors (Lipinski definition) is 0. The first-order valence-electron chi connectivity index (χ1n) is 29.2. The third-order valence-electron chi connectivity index (χ3n) is 13.3. The van der Waals surface area contributed by atoms with Crippen LogP contribution in [0.15, 0.2) is 12.2 Å². The van der Waals surface area contributed by atoms with Crippen molar-refractivity contribution in [1.82, 2.24) is 0 Å². The second-order valence-corrected chi connectivity index (χ2v) is 19.9. The van der Waals surface area contributed by atoms with Gasteiger partial charge in [-0.2, -0.15) is 0 Å². The standard InChI is InChI=1S/C59H112O6/c1-4-7-10-13-16-19-21-22-23-24-25-26-27-28-29-30-31-32-33-34-35-36-37-38-39-41-43-46-49-52-58(61)64-55-56(54-63-57(60)51-48-45-42-18-15-12-9-6-3)65-59(62)53-50-47-44-40-20-17-14-11-8-5-2/h24-25,56H,4-23,26-55H2,1-3H3/b25-24-. The molecule has 0 aromatic heterocycles. The molecule has 0 aliphatic heterocycles. The molecule has 0 aromatic carbocycles. The molecule has 0 N–H and O–H groups in total. The summed E-state index contributed by atoms with van der Waals surface area (Å²) in [5, 5.41) is 0. The molecule has 1 atom stereocenters. The highest BCUT2D eigenvalue weighted by molar-refractivity contribution is 5.71. The van der Waals surface area contributed by atoms with Gasteiger partial charge in [0.25, 0.3) is 0 Å². The monoisotopic (exact) mass is 917 g/mol. The first-order valence-corrected chi connectivity index (χ1v) is 29.2. The van der Waals surface area contributed by atoms with Gasteiger partial charge >= 0.3 is 17.9 Å². The van der Waals surface area contributed by atoms with Crippen LogP contribution in [0.1, 0.15) is 329 Å². The number of ether oxygens (including phenoxy) is 3. The zero-order valence-corrected chi connectivity index (χ0v) is 44.0. The minimum atomic E-state index is -0.760. The van der Waals surface area contributed by atoms with E-state index in [4.69, 9.17) is 14.2 Å². The van der Waals surface area contributed by atoms with Crippen LogP contribution in [0, 0.1) is 0 Å². The van der Waals surface area contributed by atoms with Crippen molar-refractivity contribution in [2.45, 2.75) is 335 Å². The average molecular weight is 918 g/mol. The molecule has 6 nitrogen and oxygen atoms in total. The molecule has 1 unspecified atom stereocenters. The van der Waals surface area contributed by atoms with Gasteiger partial charge in [0.1, 0.15) is 13.2 Å². The highest BCUT2D eigenvalue weighted by Crippen LogP contribution is 2.17. The molecule has 6 heteroatoms. The Labute approximate surface area is 405 Å². The molecular weight excluding hydrogens is 805 g/mol. The van der Waals surface area contributed by atoms with Crippen LogP contribution in [0.25, 0.3) is 0 Å². The Morgan fingerprint density at radius 2 is 0.508 bits per heavy atom. The maximum atomic E-state index is 12.7. The van der Waals surface area contributed by atoms with Gasteiger partial charge in [0.2, 0.25) is 0 Å². The SMILES string of the molecule is CCCCCCCCCC/C=C\CCCCCCCCCCCCCCCCCCCC(=O)OCC(COC(=O)CCCCCCCCCC)OC(=O)CCCCCCCCCCCC. The highest BCUT2D eigenvalue weighted by Gasteiger charge is 2.19. The zero-order chi connectivity index (χ0) is 47.2. The van der Waals surface area contributed by atoms with Crippen molar-refractivity contribution in [3.05, 3.63) is 12.2 Å². The summed E-state index contributed by atoms with van der Waals surface area (Å²) in [6.45, 7) is 6.64. The van der Waals surface area contributed by atoms with Crippen molar-refractivity contribution in [2.24, 2.45) is 0 Å². The normalized spacial score (nSPS) is 12.0. The molecule has 0 heterocycles. The number of unbranched alkanes of at least 4 members (excludes halogenated alkanes) is 41. The highest BCUT2D eigenvalue weighted by atomic mass is 16.6. The molecule has 384 valence electrons. The van der Waals surface area contributed by atoms with E-state index in [2.05, 4.69) is 32.9 Å². The minimum Gasteiger partial charge on any atom is -0.462 e. The van der Waals surface area contributed by atoms with E-state index in [1.54, 1.807) is 0 Å². The Kier molecular flexibility index (Phi) is 53.2. The quantitative estimate of drug-likeness (QED) is 0.0262. The van der Waals surface area contributed by atoms with Crippen LogP contribution in [-0.4, -0.2) is 37.2 Å². The maximum absolute atomic E-state index is 12.7. The predicted octanol–water partition coefficient (Wildman–Crippen LogP) is 19.3. The summed E-state index contributed by atoms with van der Waals surface area (Å²) in [7, 11) is 0. The molecule has 0 amide bonds. The van der Waals surface area contributed by atoms with Crippen molar-refractivity contribution in [3.8, 4) is 0 Å². The molecule has 0 fully saturated rings. The number of allylic oxidation sites excluding steroid dienone is 2. The number of rotatable bonds is 54. The molecule has 0 bridgehead atoms. The Balaban J connectivity index is 3.96. The molecule has 0 rings (SSSR count). The van der Waals surface area contributed by atoms with Crippen LogP contribution in [0.2, 0.25) is 0 Å². The van der Waals surface area contributed by atoms with Gasteiger partial charge in [0.05, 0.1) is 0 Å². The Morgan fingerprint density at radius 3 is 0.769 bits per heavy atom. The van der Waals surface area contributed by atoms with E-state index in [0.29, 0.717) is 19.3 Å². The van der Waals surface area contributed by atoms with E-state index < -0.39 is 6.10 Å². The van der Waals surface area contributed by atoms with Gasteiger partial charge in [-0.1, -0.05) is 277 Å². The van der Waals surface area contributed by atoms with Crippen molar-refractivity contribution in [1.29, 1.82) is 0 Å². The molecular formula is C59H112O6. The van der Waals surface area contributed by atoms with E-state index in [1.807, 2.05) is 0 Å². The van der Waals surface area contributed by atoms with Crippen LogP contribution in [0.3, 0.4) is 0 Å². The van der Waals surface area contributed by atoms with Crippen LogP contribution in [0.5, 0.6) is 0 Å². The Bertz CT molecular complexity index is 1010. The summed E-state index contributed by atoms with van der Waals surface area (Å²) in [4.78, 5) is 37.8. The fourth-order valence-electron chi connectivity index (χ4n) is 8.85. The molecule has 0 radical (unpaired) electrons. The fourth-order valence-corrected chi connectivity index (χ4v) is 8.85. The van der Waals surface area contributed by atoms with Gasteiger partial charge in [-0.05, 0) is 44.9 Å². The number of esters is 3. The average Bonchev–Trinajstić information content (AvgIpc) is 3.30. The van der Waals surface area contributed by atoms with Crippen LogP contribution in [0.4, 0.5) is 0 Å². The van der Waals surface area contributed by atoms with Gasteiger partial charge in [-0.3, -0.25) is 14.4 Å². The molecule has 0 saturated heterocycles. The first-order chi connectivity index (χ1) is 32.0. The molecule has 0 spiro atoms. The summed E-state index contributed by atoms with van der Waals surface area (Å²) in [6, 6.07) is 0. The third kappa shape index (κ3) is 53.0. The van der Waals surface area contributed by atoms with Gasteiger partial charge in [0, 0.05) is 19.3 Å². The van der Waals surface area contributed by atoms with Gasteiger partial charge in [-0.25, -0.2) is 0 Å². The largest absolute Gasteiger partial charge is 0.462 e. The lowest BCUT2D eigenvalue weighted by Crippen LogP contribution is -2.30. The number of hydrogen-bond acceptors (Lipinski definition) is 6. The lowest BCUT2D eigenvalue weighted by atomic mass is 10.0. The summed E-state index contributed by atoms with van der Waals surface area (Å²) in [5.74, 6) is -0.851. The lowest BCUT2D eigenvalue weighted by Gasteiger charge is -2.18. The molecule has 0 aliphatic rings. The minimum absolute atomic E-state index is 0.0641. The van der Waals surface area contributed by atoms with Crippen LogP contribution >= 0.6 is 0 Å². The van der Waals surface area contributed by atoms with E-state index >= 15 is 0 Å². The second kappa shape index (κ2) is 54.8. The zero-order valence-electron chi connectivity index (χ0n) is 44.0. The van der Waals surface area contributed by atoms with Gasteiger partial charge in [0.15, 0.2) is 6.10 Å². The lowest BCUT2D eigenvalue weighted by molar-refractivity contribution is -0.167. The van der Waals surface area contributed by atoms with Gasteiger partial charge < -0.3 is 14.2 Å². The maximum Gasteiger partial charge on any atom is 0.306 e. The molecule has 0 aliphatic carbocycles. The van der Waals surface area contributed by atoms with Crippen molar-refractivity contribution in [2.75, 3.05) is 13.2 Å². The summed E-state index contributed by atoms with van der Waals surface area (Å²) < 4.78 is 16.8. The van der Waals surface area contributed by atoms with E-state index in [-0.39, 0.29) is 31.1 Å². The first kappa shape index (κ1) is 63.1. The van der Waals surface area contributed by atoms with Crippen molar-refractivity contribution in [3.63, 3.8) is 0 Å². The summed E-state index contributed by atoms with van der Waals surface area (Å²) in [5.41, 5.74) is 0. The number of carbonyl (C=O) groups excluding carboxylic acids is 3. The van der Waals surface area contributed by atoms with Gasteiger partial charge in [-0.15, -0.1) is 0 Å². The molecule has 65 heavy (non-hydrogen) atoms. The van der Waals surface area contributed by atoms with E-state index in [0.717, 1.165) is 57.8 Å². The third-order valence-corrected chi connectivity index (χ3v) is 13.3. The second-order valence-electron chi connectivity index (χ2n) is 19.9. The van der Waals surface area contributed by atoms with Crippen molar-refractivity contribution < 1.29 is 28.6 Å². The van der Waals surface area contributed by atoms with Crippen LogP contribution < -0.4 is 0 Å². The fraction of sp³-hybridized carbons (Fsp3) is 0.915. The topological polar surface area (TPSA) is 78.9 Å². The predicted molar refractivity (Wildman–Crippen MR) is 280 cm³/mol. The smallest absolute Gasteiger partial charge is 0.306 e. The van der Waals surface area contributed by atoms with E-state index in [1.165, 1.54) is 231 Å². The Hall–Kier alpha value is -1.85. The molecule has 0 aromatic rings. The van der Waals surface area contributed by atoms with E-state index in [9.17, 15) is 14.4 Å². The van der Waals surface area contributed by atoms with Crippen LogP contribution in [-0.2, 0) is 28.6 Å². The Morgan fingerprint density at radius 1 is 0.292 bits per heavy atom. The van der Waals surface area contributed by atoms with Crippen molar-refractivity contribution >= 4 is 17.9 Å².